The van der Waals surface area contributed by atoms with E-state index in [1.54, 1.807) is 0 Å². The van der Waals surface area contributed by atoms with Gasteiger partial charge in [0.2, 0.25) is 0 Å². The monoisotopic (exact) mass is 263 g/mol. The van der Waals surface area contributed by atoms with Gasteiger partial charge in [0.25, 0.3) is 0 Å². The number of nitrogens with zero attached hydrogens (tertiary/aromatic N) is 1. The Kier molecular flexibility index (Phi) is 6.82. The topological polar surface area (TPSA) is 12.5 Å². The molecule has 0 bridgehead atoms. The van der Waals surface area contributed by atoms with E-state index >= 15 is 0 Å². The molecule has 0 N–H and O–H groups in total. The van der Waals surface area contributed by atoms with Gasteiger partial charge in [-0.1, -0.05) is 29.3 Å². The molecule has 1 saturated heterocycles. The average molecular weight is 264 g/mol. The summed E-state index contributed by atoms with van der Waals surface area (Å²) in [6.45, 7) is 7.70. The second-order valence-electron chi connectivity index (χ2n) is 4.08. The molecule has 14 heavy (non-hydrogen) atoms. The molecule has 0 spiro atoms. The molecule has 0 aromatic heterocycles. The SMILES string of the molecule is CCCC(CBr)CN1CCCOCC1. The fraction of sp³-hybridized carbons (Fsp3) is 1.00. The number of rotatable bonds is 5. The van der Waals surface area contributed by atoms with Gasteiger partial charge in [-0.15, -0.1) is 0 Å². The van der Waals surface area contributed by atoms with Gasteiger partial charge in [-0.05, 0) is 18.8 Å². The Bertz CT molecular complexity index is 135. The zero-order valence-corrected chi connectivity index (χ0v) is 10.8. The van der Waals surface area contributed by atoms with Gasteiger partial charge in [0.05, 0.1) is 6.61 Å². The molecule has 0 radical (unpaired) electrons. The first-order valence-corrected chi connectivity index (χ1v) is 6.85. The minimum absolute atomic E-state index is 0.818. The Morgan fingerprint density at radius 1 is 1.36 bits per heavy atom. The number of alkyl halides is 1. The van der Waals surface area contributed by atoms with Crippen molar-refractivity contribution in [2.45, 2.75) is 26.2 Å². The minimum atomic E-state index is 0.818. The smallest absolute Gasteiger partial charge is 0.0593 e. The van der Waals surface area contributed by atoms with Crippen LogP contribution in [-0.4, -0.2) is 43.1 Å². The van der Waals surface area contributed by atoms with Gasteiger partial charge in [-0.25, -0.2) is 0 Å². The zero-order chi connectivity index (χ0) is 10.2. The normalized spacial score (nSPS) is 21.9. The van der Waals surface area contributed by atoms with E-state index in [4.69, 9.17) is 4.74 Å². The summed E-state index contributed by atoms with van der Waals surface area (Å²) in [6, 6.07) is 0. The highest BCUT2D eigenvalue weighted by Gasteiger charge is 2.14. The summed E-state index contributed by atoms with van der Waals surface area (Å²) in [5.41, 5.74) is 0. The fourth-order valence-corrected chi connectivity index (χ4v) is 2.50. The maximum absolute atomic E-state index is 5.45. The summed E-state index contributed by atoms with van der Waals surface area (Å²) in [5.74, 6) is 0.818. The number of hydrogen-bond acceptors (Lipinski definition) is 2. The molecule has 1 fully saturated rings. The molecule has 1 atom stereocenters. The fourth-order valence-electron chi connectivity index (χ4n) is 1.97. The van der Waals surface area contributed by atoms with Gasteiger partial charge in [0, 0.05) is 31.6 Å². The number of hydrogen-bond donors (Lipinski definition) is 0. The third-order valence-electron chi connectivity index (χ3n) is 2.75. The van der Waals surface area contributed by atoms with Gasteiger partial charge in [-0.3, -0.25) is 0 Å². The van der Waals surface area contributed by atoms with Crippen molar-refractivity contribution in [2.75, 3.05) is 38.2 Å². The number of ether oxygens (including phenoxy) is 1. The van der Waals surface area contributed by atoms with Crippen molar-refractivity contribution in [3.8, 4) is 0 Å². The molecular formula is C11H22BrNO. The molecular weight excluding hydrogens is 242 g/mol. The van der Waals surface area contributed by atoms with Crippen LogP contribution in [0.1, 0.15) is 26.2 Å². The molecule has 0 saturated carbocycles. The molecule has 1 heterocycles. The Morgan fingerprint density at radius 2 is 2.21 bits per heavy atom. The maximum atomic E-state index is 5.45. The summed E-state index contributed by atoms with van der Waals surface area (Å²) in [5, 5.41) is 1.14. The molecule has 1 rings (SSSR count). The van der Waals surface area contributed by atoms with Crippen LogP contribution in [0.4, 0.5) is 0 Å². The average Bonchev–Trinajstić information content (AvgIpc) is 2.45. The Balaban J connectivity index is 2.24. The predicted octanol–water partition coefficient (Wildman–Crippen LogP) is 2.52. The zero-order valence-electron chi connectivity index (χ0n) is 9.17. The summed E-state index contributed by atoms with van der Waals surface area (Å²) in [4.78, 5) is 2.55. The lowest BCUT2D eigenvalue weighted by Gasteiger charge is -2.24. The van der Waals surface area contributed by atoms with E-state index in [-0.39, 0.29) is 0 Å². The first kappa shape index (κ1) is 12.5. The van der Waals surface area contributed by atoms with Crippen LogP contribution in [0.5, 0.6) is 0 Å². The van der Waals surface area contributed by atoms with Crippen LogP contribution in [0, 0.1) is 5.92 Å². The lowest BCUT2D eigenvalue weighted by atomic mass is 10.1. The van der Waals surface area contributed by atoms with Crippen molar-refractivity contribution >= 4 is 15.9 Å². The van der Waals surface area contributed by atoms with E-state index in [1.807, 2.05) is 0 Å². The van der Waals surface area contributed by atoms with E-state index in [1.165, 1.54) is 32.4 Å². The van der Waals surface area contributed by atoms with Gasteiger partial charge in [0.15, 0.2) is 0 Å². The highest BCUT2D eigenvalue weighted by molar-refractivity contribution is 9.09. The first-order valence-electron chi connectivity index (χ1n) is 5.73. The minimum Gasteiger partial charge on any atom is -0.380 e. The van der Waals surface area contributed by atoms with E-state index < -0.39 is 0 Å². The third kappa shape index (κ3) is 4.76. The Labute approximate surface area is 96.1 Å². The van der Waals surface area contributed by atoms with Crippen molar-refractivity contribution in [3.63, 3.8) is 0 Å². The van der Waals surface area contributed by atoms with Crippen LogP contribution >= 0.6 is 15.9 Å². The molecule has 0 aromatic rings. The van der Waals surface area contributed by atoms with E-state index in [0.717, 1.165) is 31.0 Å². The van der Waals surface area contributed by atoms with Crippen molar-refractivity contribution in [1.29, 1.82) is 0 Å². The van der Waals surface area contributed by atoms with Crippen LogP contribution < -0.4 is 0 Å². The van der Waals surface area contributed by atoms with E-state index in [9.17, 15) is 0 Å². The van der Waals surface area contributed by atoms with Gasteiger partial charge >= 0.3 is 0 Å². The lowest BCUT2D eigenvalue weighted by Crippen LogP contribution is -2.32. The van der Waals surface area contributed by atoms with Crippen molar-refractivity contribution in [3.05, 3.63) is 0 Å². The van der Waals surface area contributed by atoms with Gasteiger partial charge in [-0.2, -0.15) is 0 Å². The lowest BCUT2D eigenvalue weighted by molar-refractivity contribution is 0.138. The van der Waals surface area contributed by atoms with Crippen LogP contribution in [-0.2, 0) is 4.74 Å². The second-order valence-corrected chi connectivity index (χ2v) is 4.72. The molecule has 1 unspecified atom stereocenters. The van der Waals surface area contributed by atoms with Crippen LogP contribution in [0.25, 0.3) is 0 Å². The maximum Gasteiger partial charge on any atom is 0.0593 e. The van der Waals surface area contributed by atoms with Gasteiger partial charge < -0.3 is 9.64 Å². The van der Waals surface area contributed by atoms with Crippen molar-refractivity contribution < 1.29 is 4.74 Å². The van der Waals surface area contributed by atoms with Crippen molar-refractivity contribution in [1.82, 2.24) is 4.90 Å². The second kappa shape index (κ2) is 7.66. The molecule has 2 nitrogen and oxygen atoms in total. The summed E-state index contributed by atoms with van der Waals surface area (Å²) in [6.07, 6.45) is 3.82. The quantitative estimate of drug-likeness (QED) is 0.707. The van der Waals surface area contributed by atoms with E-state index in [2.05, 4.69) is 27.8 Å². The van der Waals surface area contributed by atoms with Crippen LogP contribution in [0.15, 0.2) is 0 Å². The molecule has 0 aliphatic carbocycles. The Hall–Kier alpha value is 0.400. The molecule has 0 amide bonds. The molecule has 1 aliphatic heterocycles. The summed E-state index contributed by atoms with van der Waals surface area (Å²) < 4.78 is 5.45. The van der Waals surface area contributed by atoms with Crippen LogP contribution in [0.3, 0.4) is 0 Å². The highest BCUT2D eigenvalue weighted by Crippen LogP contribution is 2.12. The number of halogens is 1. The summed E-state index contributed by atoms with van der Waals surface area (Å²) in [7, 11) is 0. The largest absolute Gasteiger partial charge is 0.380 e. The summed E-state index contributed by atoms with van der Waals surface area (Å²) >= 11 is 3.61. The third-order valence-corrected chi connectivity index (χ3v) is 3.66. The Morgan fingerprint density at radius 3 is 2.93 bits per heavy atom. The molecule has 0 aromatic carbocycles. The highest BCUT2D eigenvalue weighted by atomic mass is 79.9. The molecule has 1 aliphatic rings. The molecule has 3 heteroatoms. The van der Waals surface area contributed by atoms with Crippen LogP contribution in [0.2, 0.25) is 0 Å². The molecule has 84 valence electrons. The van der Waals surface area contributed by atoms with E-state index in [0.29, 0.717) is 0 Å². The first-order chi connectivity index (χ1) is 6.86. The standard InChI is InChI=1S/C11H22BrNO/c1-2-4-11(9-12)10-13-5-3-7-14-8-6-13/h11H,2-10H2,1H3. The van der Waals surface area contributed by atoms with Gasteiger partial charge in [0.1, 0.15) is 0 Å². The van der Waals surface area contributed by atoms with Crippen molar-refractivity contribution in [2.24, 2.45) is 5.92 Å². The predicted molar refractivity (Wildman–Crippen MR) is 64.1 cm³/mol.